The summed E-state index contributed by atoms with van der Waals surface area (Å²) in [6, 6.07) is 0. The predicted octanol–water partition coefficient (Wildman–Crippen LogP) is 5.75. The molecule has 6 unspecified atom stereocenters. The van der Waals surface area contributed by atoms with E-state index in [2.05, 4.69) is 24.3 Å². The zero-order valence-electron chi connectivity index (χ0n) is 12.8. The highest BCUT2D eigenvalue weighted by atomic mass is 14.4. The minimum Gasteiger partial charge on any atom is -0.0808 e. The summed E-state index contributed by atoms with van der Waals surface area (Å²) < 4.78 is 0. The van der Waals surface area contributed by atoms with E-state index in [9.17, 15) is 0 Å². The Bertz CT molecular complexity index is 391. The second-order valence-electron chi connectivity index (χ2n) is 7.97. The summed E-state index contributed by atoms with van der Waals surface area (Å²) in [7, 11) is 0. The van der Waals surface area contributed by atoms with Gasteiger partial charge in [0.05, 0.1) is 0 Å². The van der Waals surface area contributed by atoms with Crippen LogP contribution in [0.3, 0.4) is 0 Å². The first-order valence-corrected chi connectivity index (χ1v) is 9.27. The lowest BCUT2D eigenvalue weighted by Crippen LogP contribution is -2.20. The molecular formula is C20H30. The molecule has 4 aliphatic carbocycles. The Balaban J connectivity index is 1.32. The molecule has 3 saturated carbocycles. The Kier molecular flexibility index (Phi) is 3.75. The fourth-order valence-corrected chi connectivity index (χ4v) is 6.05. The van der Waals surface area contributed by atoms with Gasteiger partial charge in [0.15, 0.2) is 0 Å². The average molecular weight is 270 g/mol. The van der Waals surface area contributed by atoms with Crippen molar-refractivity contribution >= 4 is 0 Å². The zero-order chi connectivity index (χ0) is 13.4. The third-order valence-electron chi connectivity index (χ3n) is 7.10. The van der Waals surface area contributed by atoms with Gasteiger partial charge in [-0.1, -0.05) is 43.6 Å². The molecule has 3 fully saturated rings. The molecule has 110 valence electrons. The summed E-state index contributed by atoms with van der Waals surface area (Å²) >= 11 is 0. The van der Waals surface area contributed by atoms with Crippen molar-refractivity contribution < 1.29 is 0 Å². The molecule has 4 aliphatic rings. The standard InChI is InChI=1S/C20H30/c1-3-7-19-15(5-1)9-11-17(19)13-14-18-12-10-16-6-2-4-8-20(16)18/h1,3,5,7,15-20H,2,4,6,8-14H2. The van der Waals surface area contributed by atoms with Gasteiger partial charge in [0.2, 0.25) is 0 Å². The Hall–Kier alpha value is -0.520. The van der Waals surface area contributed by atoms with E-state index in [0.29, 0.717) is 0 Å². The molecule has 0 spiro atoms. The van der Waals surface area contributed by atoms with Crippen LogP contribution in [0.15, 0.2) is 24.3 Å². The molecule has 0 N–H and O–H groups in total. The highest BCUT2D eigenvalue weighted by molar-refractivity contribution is 5.17. The molecule has 0 aliphatic heterocycles. The number of hydrogen-bond acceptors (Lipinski definition) is 0. The van der Waals surface area contributed by atoms with Gasteiger partial charge < -0.3 is 0 Å². The van der Waals surface area contributed by atoms with Gasteiger partial charge in [-0.05, 0) is 80.5 Å². The molecule has 0 heteroatoms. The number of fused-ring (bicyclic) bond motifs is 2. The van der Waals surface area contributed by atoms with Gasteiger partial charge in [0.25, 0.3) is 0 Å². The largest absolute Gasteiger partial charge is 0.0808 e. The van der Waals surface area contributed by atoms with Crippen LogP contribution < -0.4 is 0 Å². The Morgan fingerprint density at radius 3 is 2.50 bits per heavy atom. The first kappa shape index (κ1) is 13.2. The van der Waals surface area contributed by atoms with Crippen molar-refractivity contribution in [3.05, 3.63) is 24.3 Å². The molecule has 0 aromatic carbocycles. The number of allylic oxidation sites excluding steroid dienone is 4. The molecule has 0 aromatic rings. The topological polar surface area (TPSA) is 0 Å². The second kappa shape index (κ2) is 5.70. The first-order chi connectivity index (χ1) is 9.92. The van der Waals surface area contributed by atoms with Crippen LogP contribution in [0, 0.1) is 35.5 Å². The molecule has 0 aromatic heterocycles. The summed E-state index contributed by atoms with van der Waals surface area (Å²) in [5, 5.41) is 0. The van der Waals surface area contributed by atoms with Crippen molar-refractivity contribution in [2.24, 2.45) is 35.5 Å². The van der Waals surface area contributed by atoms with Crippen molar-refractivity contribution in [3.8, 4) is 0 Å². The molecule has 0 heterocycles. The van der Waals surface area contributed by atoms with E-state index in [1.54, 1.807) is 32.1 Å². The molecule has 6 atom stereocenters. The monoisotopic (exact) mass is 270 g/mol. The van der Waals surface area contributed by atoms with Gasteiger partial charge in [-0.25, -0.2) is 0 Å². The molecule has 0 bridgehead atoms. The zero-order valence-corrected chi connectivity index (χ0v) is 12.8. The van der Waals surface area contributed by atoms with Crippen LogP contribution in [-0.2, 0) is 0 Å². The molecule has 20 heavy (non-hydrogen) atoms. The highest BCUT2D eigenvalue weighted by Crippen LogP contribution is 2.49. The average Bonchev–Trinajstić information content (AvgIpc) is 3.09. The molecule has 0 radical (unpaired) electrons. The van der Waals surface area contributed by atoms with E-state index in [4.69, 9.17) is 0 Å². The van der Waals surface area contributed by atoms with Gasteiger partial charge in [0.1, 0.15) is 0 Å². The van der Waals surface area contributed by atoms with Crippen LogP contribution in [-0.4, -0.2) is 0 Å². The van der Waals surface area contributed by atoms with Crippen molar-refractivity contribution in [2.45, 2.75) is 64.2 Å². The van der Waals surface area contributed by atoms with Crippen LogP contribution in [0.2, 0.25) is 0 Å². The maximum Gasteiger partial charge on any atom is -0.0139 e. The molecular weight excluding hydrogens is 240 g/mol. The molecule has 0 saturated heterocycles. The maximum absolute atomic E-state index is 2.51. The van der Waals surface area contributed by atoms with Crippen LogP contribution >= 0.6 is 0 Å². The quantitative estimate of drug-likeness (QED) is 0.612. The van der Waals surface area contributed by atoms with E-state index >= 15 is 0 Å². The van der Waals surface area contributed by atoms with Crippen molar-refractivity contribution in [1.82, 2.24) is 0 Å². The van der Waals surface area contributed by atoms with E-state index in [0.717, 1.165) is 35.5 Å². The van der Waals surface area contributed by atoms with E-state index in [-0.39, 0.29) is 0 Å². The smallest absolute Gasteiger partial charge is 0.0139 e. The normalized spacial score (nSPS) is 46.4. The van der Waals surface area contributed by atoms with Crippen LogP contribution in [0.4, 0.5) is 0 Å². The lowest BCUT2D eigenvalue weighted by Gasteiger charge is -2.30. The van der Waals surface area contributed by atoms with Crippen LogP contribution in [0.5, 0.6) is 0 Å². The summed E-state index contributed by atoms with van der Waals surface area (Å²) in [5.41, 5.74) is 0. The number of hydrogen-bond donors (Lipinski definition) is 0. The second-order valence-corrected chi connectivity index (χ2v) is 7.97. The molecule has 4 rings (SSSR count). The molecule has 0 amide bonds. The maximum atomic E-state index is 2.51. The van der Waals surface area contributed by atoms with Gasteiger partial charge in [-0.2, -0.15) is 0 Å². The Morgan fingerprint density at radius 2 is 1.50 bits per heavy atom. The van der Waals surface area contributed by atoms with Crippen LogP contribution in [0.25, 0.3) is 0 Å². The first-order valence-electron chi connectivity index (χ1n) is 9.27. The predicted molar refractivity (Wildman–Crippen MR) is 85.4 cm³/mol. The van der Waals surface area contributed by atoms with Crippen molar-refractivity contribution in [1.29, 1.82) is 0 Å². The fourth-order valence-electron chi connectivity index (χ4n) is 6.05. The van der Waals surface area contributed by atoms with Crippen molar-refractivity contribution in [2.75, 3.05) is 0 Å². The third kappa shape index (κ3) is 2.40. The summed E-state index contributed by atoms with van der Waals surface area (Å²) in [6.45, 7) is 0. The van der Waals surface area contributed by atoms with E-state index < -0.39 is 0 Å². The third-order valence-corrected chi connectivity index (χ3v) is 7.10. The highest BCUT2D eigenvalue weighted by Gasteiger charge is 2.39. The summed E-state index contributed by atoms with van der Waals surface area (Å²) in [4.78, 5) is 0. The van der Waals surface area contributed by atoms with Crippen molar-refractivity contribution in [3.63, 3.8) is 0 Å². The van der Waals surface area contributed by atoms with Gasteiger partial charge in [-0.3, -0.25) is 0 Å². The van der Waals surface area contributed by atoms with Gasteiger partial charge >= 0.3 is 0 Å². The minimum atomic E-state index is 0.885. The summed E-state index contributed by atoms with van der Waals surface area (Å²) in [6.07, 6.45) is 24.9. The lowest BCUT2D eigenvalue weighted by atomic mass is 9.75. The van der Waals surface area contributed by atoms with Gasteiger partial charge in [-0.15, -0.1) is 0 Å². The molecule has 0 nitrogen and oxygen atoms in total. The lowest BCUT2D eigenvalue weighted by molar-refractivity contribution is 0.209. The minimum absolute atomic E-state index is 0.885. The van der Waals surface area contributed by atoms with Crippen LogP contribution in [0.1, 0.15) is 64.2 Å². The fraction of sp³-hybridized carbons (Fsp3) is 0.800. The number of rotatable bonds is 3. The SMILES string of the molecule is C1=CC2CCC(CCC3CCC4CCCCC43)C2C=C1. The van der Waals surface area contributed by atoms with E-state index in [1.165, 1.54) is 32.1 Å². The van der Waals surface area contributed by atoms with Gasteiger partial charge in [0, 0.05) is 0 Å². The Labute approximate surface area is 124 Å². The summed E-state index contributed by atoms with van der Waals surface area (Å²) in [5.74, 6) is 6.14. The van der Waals surface area contributed by atoms with E-state index in [1.807, 2.05) is 0 Å². The Morgan fingerprint density at radius 1 is 0.700 bits per heavy atom.